The summed E-state index contributed by atoms with van der Waals surface area (Å²) in [5, 5.41) is 4.16. The van der Waals surface area contributed by atoms with Crippen molar-refractivity contribution in [1.82, 2.24) is 0 Å². The number of aryl methyl sites for hydroxylation is 1. The maximum atomic E-state index is 6.03. The van der Waals surface area contributed by atoms with Crippen molar-refractivity contribution in [3.8, 4) is 5.75 Å². The average Bonchev–Trinajstić information content (AvgIpc) is 2.66. The van der Waals surface area contributed by atoms with Crippen LogP contribution < -0.4 is 10.1 Å². The Balaban J connectivity index is 1.64. The molecule has 0 radical (unpaired) electrons. The van der Waals surface area contributed by atoms with Crippen LogP contribution >= 0.6 is 43.5 Å². The second-order valence-corrected chi connectivity index (χ2v) is 8.36. The fourth-order valence-electron chi connectivity index (χ4n) is 2.70. The maximum absolute atomic E-state index is 6.03. The predicted octanol–water partition coefficient (Wildman–Crippen LogP) is 7.62. The standard InChI is InChI=1S/C22H20Br2ClNO/c1-2-15-6-8-19(9-7-15)26-13-17-11-20(23)22(21(24)12-17)27-14-16-4-3-5-18(25)10-16/h3-12,26H,2,13-14H2,1H3. The third kappa shape index (κ3) is 5.74. The average molecular weight is 510 g/mol. The molecule has 0 heterocycles. The van der Waals surface area contributed by atoms with Crippen molar-refractivity contribution in [3.05, 3.63) is 91.3 Å². The predicted molar refractivity (Wildman–Crippen MR) is 121 cm³/mol. The smallest absolute Gasteiger partial charge is 0.148 e. The zero-order valence-corrected chi connectivity index (χ0v) is 18.9. The van der Waals surface area contributed by atoms with Gasteiger partial charge in [0.1, 0.15) is 12.4 Å². The van der Waals surface area contributed by atoms with E-state index in [1.165, 1.54) is 5.56 Å². The lowest BCUT2D eigenvalue weighted by molar-refractivity contribution is 0.302. The van der Waals surface area contributed by atoms with E-state index < -0.39 is 0 Å². The molecular formula is C22H20Br2ClNO. The molecular weight excluding hydrogens is 490 g/mol. The second kappa shape index (κ2) is 9.63. The number of benzene rings is 3. The van der Waals surface area contributed by atoms with Crippen molar-refractivity contribution >= 4 is 49.1 Å². The highest BCUT2D eigenvalue weighted by Crippen LogP contribution is 2.35. The Morgan fingerprint density at radius 2 is 1.59 bits per heavy atom. The minimum absolute atomic E-state index is 0.457. The van der Waals surface area contributed by atoms with E-state index in [2.05, 4.69) is 80.5 Å². The Labute approximate surface area is 182 Å². The summed E-state index contributed by atoms with van der Waals surface area (Å²) < 4.78 is 7.81. The Bertz CT molecular complexity index is 889. The summed E-state index contributed by atoms with van der Waals surface area (Å²) in [6.45, 7) is 3.35. The molecule has 0 amide bonds. The molecule has 5 heteroatoms. The fourth-order valence-corrected chi connectivity index (χ4v) is 4.42. The molecule has 0 bridgehead atoms. The lowest BCUT2D eigenvalue weighted by atomic mass is 10.1. The molecule has 0 atom stereocenters. The van der Waals surface area contributed by atoms with Gasteiger partial charge in [-0.2, -0.15) is 0 Å². The highest BCUT2D eigenvalue weighted by Gasteiger charge is 2.10. The van der Waals surface area contributed by atoms with E-state index >= 15 is 0 Å². The number of ether oxygens (including phenoxy) is 1. The first-order chi connectivity index (χ1) is 13.0. The molecule has 140 valence electrons. The van der Waals surface area contributed by atoms with Gasteiger partial charge in [-0.25, -0.2) is 0 Å². The molecule has 0 saturated carbocycles. The number of rotatable bonds is 7. The van der Waals surface area contributed by atoms with Gasteiger partial charge in [-0.05, 0) is 91.4 Å². The molecule has 0 saturated heterocycles. The Morgan fingerprint density at radius 3 is 2.22 bits per heavy atom. The number of hydrogen-bond donors (Lipinski definition) is 1. The van der Waals surface area contributed by atoms with E-state index in [1.807, 2.05) is 24.3 Å². The molecule has 0 aromatic heterocycles. The van der Waals surface area contributed by atoms with Gasteiger partial charge >= 0.3 is 0 Å². The molecule has 27 heavy (non-hydrogen) atoms. The normalized spacial score (nSPS) is 10.7. The van der Waals surface area contributed by atoms with Gasteiger partial charge in [-0.3, -0.25) is 0 Å². The molecule has 3 rings (SSSR count). The Kier molecular flexibility index (Phi) is 7.22. The van der Waals surface area contributed by atoms with Gasteiger partial charge in [0.05, 0.1) is 8.95 Å². The molecule has 2 nitrogen and oxygen atoms in total. The van der Waals surface area contributed by atoms with Crippen molar-refractivity contribution in [2.24, 2.45) is 0 Å². The van der Waals surface area contributed by atoms with Crippen molar-refractivity contribution in [2.75, 3.05) is 5.32 Å². The maximum Gasteiger partial charge on any atom is 0.148 e. The first-order valence-corrected chi connectivity index (χ1v) is 10.7. The molecule has 0 aliphatic rings. The minimum atomic E-state index is 0.457. The minimum Gasteiger partial charge on any atom is -0.487 e. The summed E-state index contributed by atoms with van der Waals surface area (Å²) in [6, 6.07) is 20.4. The molecule has 3 aromatic rings. The first-order valence-electron chi connectivity index (χ1n) is 8.73. The third-order valence-corrected chi connectivity index (χ3v) is 5.60. The van der Waals surface area contributed by atoms with Crippen LogP contribution in [0.5, 0.6) is 5.75 Å². The quantitative estimate of drug-likeness (QED) is 0.354. The van der Waals surface area contributed by atoms with E-state index in [4.69, 9.17) is 16.3 Å². The summed E-state index contributed by atoms with van der Waals surface area (Å²) in [5.74, 6) is 0.783. The Hall–Kier alpha value is -1.49. The van der Waals surface area contributed by atoms with E-state index in [9.17, 15) is 0 Å². The molecule has 0 spiro atoms. The zero-order chi connectivity index (χ0) is 19.2. The first kappa shape index (κ1) is 20.2. The molecule has 0 aliphatic heterocycles. The highest BCUT2D eigenvalue weighted by molar-refractivity contribution is 9.11. The number of halogens is 3. The Morgan fingerprint density at radius 1 is 0.889 bits per heavy atom. The van der Waals surface area contributed by atoms with E-state index in [1.54, 1.807) is 0 Å². The largest absolute Gasteiger partial charge is 0.487 e. The summed E-state index contributed by atoms with van der Waals surface area (Å²) in [6.07, 6.45) is 1.05. The van der Waals surface area contributed by atoms with Gasteiger partial charge in [0.25, 0.3) is 0 Å². The molecule has 0 aliphatic carbocycles. The van der Waals surface area contributed by atoms with Crippen molar-refractivity contribution < 1.29 is 4.74 Å². The molecule has 1 N–H and O–H groups in total. The summed E-state index contributed by atoms with van der Waals surface area (Å²) in [5.41, 5.74) is 4.64. The number of hydrogen-bond acceptors (Lipinski definition) is 2. The topological polar surface area (TPSA) is 21.3 Å². The van der Waals surface area contributed by atoms with Crippen LogP contribution in [0.15, 0.2) is 69.6 Å². The van der Waals surface area contributed by atoms with Crippen LogP contribution in [0.1, 0.15) is 23.6 Å². The fraction of sp³-hybridized carbons (Fsp3) is 0.182. The van der Waals surface area contributed by atoms with Crippen LogP contribution in [0.3, 0.4) is 0 Å². The van der Waals surface area contributed by atoms with E-state index in [0.29, 0.717) is 11.6 Å². The molecule has 0 fully saturated rings. The lowest BCUT2D eigenvalue weighted by Gasteiger charge is -2.13. The van der Waals surface area contributed by atoms with E-state index in [0.717, 1.165) is 44.5 Å². The highest BCUT2D eigenvalue weighted by atomic mass is 79.9. The molecule has 3 aromatic carbocycles. The van der Waals surface area contributed by atoms with Gasteiger partial charge in [0, 0.05) is 17.3 Å². The van der Waals surface area contributed by atoms with Crippen LogP contribution in [0.2, 0.25) is 5.02 Å². The second-order valence-electron chi connectivity index (χ2n) is 6.21. The van der Waals surface area contributed by atoms with Gasteiger partial charge in [0.2, 0.25) is 0 Å². The van der Waals surface area contributed by atoms with Crippen molar-refractivity contribution in [3.63, 3.8) is 0 Å². The zero-order valence-electron chi connectivity index (χ0n) is 14.9. The van der Waals surface area contributed by atoms with Crippen molar-refractivity contribution in [2.45, 2.75) is 26.5 Å². The van der Waals surface area contributed by atoms with E-state index in [-0.39, 0.29) is 0 Å². The van der Waals surface area contributed by atoms with Gasteiger partial charge in [-0.15, -0.1) is 0 Å². The summed E-state index contributed by atoms with van der Waals surface area (Å²) >= 11 is 13.3. The number of nitrogens with one attached hydrogen (secondary N) is 1. The van der Waals surface area contributed by atoms with Gasteiger partial charge < -0.3 is 10.1 Å². The number of anilines is 1. The third-order valence-electron chi connectivity index (χ3n) is 4.19. The van der Waals surface area contributed by atoms with Crippen LogP contribution in [0.25, 0.3) is 0 Å². The van der Waals surface area contributed by atoms with Gasteiger partial charge in [0.15, 0.2) is 0 Å². The SMILES string of the molecule is CCc1ccc(NCc2cc(Br)c(OCc3cccc(Cl)c3)c(Br)c2)cc1. The molecule has 0 unspecified atom stereocenters. The van der Waals surface area contributed by atoms with Gasteiger partial charge in [-0.1, -0.05) is 42.8 Å². The monoisotopic (exact) mass is 507 g/mol. The van der Waals surface area contributed by atoms with Crippen LogP contribution in [-0.2, 0) is 19.6 Å². The summed E-state index contributed by atoms with van der Waals surface area (Å²) in [7, 11) is 0. The van der Waals surface area contributed by atoms with Crippen LogP contribution in [0, 0.1) is 0 Å². The van der Waals surface area contributed by atoms with Crippen LogP contribution in [0.4, 0.5) is 5.69 Å². The lowest BCUT2D eigenvalue weighted by Crippen LogP contribution is -2.01. The van der Waals surface area contributed by atoms with Crippen LogP contribution in [-0.4, -0.2) is 0 Å². The van der Waals surface area contributed by atoms with Crippen molar-refractivity contribution in [1.29, 1.82) is 0 Å². The summed E-state index contributed by atoms with van der Waals surface area (Å²) in [4.78, 5) is 0.